The molecule has 0 aliphatic heterocycles. The molecule has 1 aromatic heterocycles. The highest BCUT2D eigenvalue weighted by Gasteiger charge is 2.23. The van der Waals surface area contributed by atoms with E-state index in [1.165, 1.54) is 0 Å². The molecular formula is C21H24ClN3O2S. The van der Waals surface area contributed by atoms with Crippen molar-refractivity contribution in [1.29, 1.82) is 0 Å². The number of hydrogen-bond acceptors (Lipinski definition) is 3. The Morgan fingerprint density at radius 3 is 2.25 bits per heavy atom. The fourth-order valence-electron chi connectivity index (χ4n) is 3.56. The van der Waals surface area contributed by atoms with Crippen molar-refractivity contribution in [2.75, 3.05) is 4.72 Å². The number of nitrogens with zero attached hydrogens (tertiary/aromatic N) is 2. The van der Waals surface area contributed by atoms with Crippen LogP contribution in [0.2, 0.25) is 5.02 Å². The van der Waals surface area contributed by atoms with E-state index in [0.717, 1.165) is 27.9 Å². The van der Waals surface area contributed by atoms with Gasteiger partial charge in [0.05, 0.1) is 28.5 Å². The predicted molar refractivity (Wildman–Crippen MR) is 114 cm³/mol. The van der Waals surface area contributed by atoms with E-state index in [-0.39, 0.29) is 0 Å². The van der Waals surface area contributed by atoms with Gasteiger partial charge in [0.1, 0.15) is 0 Å². The minimum Gasteiger partial charge on any atom is -0.276 e. The van der Waals surface area contributed by atoms with Crippen LogP contribution in [0.5, 0.6) is 0 Å². The van der Waals surface area contributed by atoms with E-state index in [1.807, 2.05) is 64.1 Å². The van der Waals surface area contributed by atoms with Crippen LogP contribution in [0, 0.1) is 34.6 Å². The Morgan fingerprint density at radius 2 is 1.64 bits per heavy atom. The molecule has 28 heavy (non-hydrogen) atoms. The van der Waals surface area contributed by atoms with E-state index < -0.39 is 10.0 Å². The normalized spacial score (nSPS) is 11.6. The molecule has 0 saturated heterocycles. The molecule has 0 radical (unpaired) electrons. The zero-order valence-electron chi connectivity index (χ0n) is 16.7. The van der Waals surface area contributed by atoms with Crippen molar-refractivity contribution < 1.29 is 8.42 Å². The first-order valence-corrected chi connectivity index (χ1v) is 10.8. The number of aromatic nitrogens is 2. The molecule has 3 aromatic rings. The van der Waals surface area contributed by atoms with Gasteiger partial charge in [-0.1, -0.05) is 47.5 Å². The molecule has 0 spiro atoms. The van der Waals surface area contributed by atoms with E-state index in [2.05, 4.69) is 9.82 Å². The van der Waals surface area contributed by atoms with Gasteiger partial charge in [0.15, 0.2) is 0 Å². The summed E-state index contributed by atoms with van der Waals surface area (Å²) in [5.74, 6) is 0. The molecule has 0 saturated carbocycles. The third-order valence-electron chi connectivity index (χ3n) is 4.77. The molecular weight excluding hydrogens is 394 g/mol. The second-order valence-electron chi connectivity index (χ2n) is 7.13. The summed E-state index contributed by atoms with van der Waals surface area (Å²) in [5.41, 5.74) is 5.28. The van der Waals surface area contributed by atoms with Gasteiger partial charge in [-0.3, -0.25) is 9.40 Å². The molecule has 0 aliphatic carbocycles. The number of anilines is 1. The van der Waals surface area contributed by atoms with E-state index in [0.29, 0.717) is 27.8 Å². The molecule has 0 bridgehead atoms. The number of hydrogen-bond donors (Lipinski definition) is 1. The summed E-state index contributed by atoms with van der Waals surface area (Å²) in [5, 5.41) is 5.17. The minimum atomic E-state index is -3.73. The number of rotatable bonds is 5. The SMILES string of the molecule is Cc1cc(C)c(S(=O)(=O)Nc2c(C)nn(Cc3ccccc3Cl)c2C)c(C)c1. The molecule has 0 atom stereocenters. The van der Waals surface area contributed by atoms with Crippen molar-refractivity contribution in [2.24, 2.45) is 0 Å². The second kappa shape index (κ2) is 7.60. The lowest BCUT2D eigenvalue weighted by Crippen LogP contribution is -2.17. The molecule has 3 rings (SSSR count). The van der Waals surface area contributed by atoms with Gasteiger partial charge in [0, 0.05) is 5.02 Å². The zero-order valence-corrected chi connectivity index (χ0v) is 18.2. The molecule has 0 amide bonds. The van der Waals surface area contributed by atoms with Crippen molar-refractivity contribution in [3.63, 3.8) is 0 Å². The highest BCUT2D eigenvalue weighted by Crippen LogP contribution is 2.28. The Bertz CT molecular complexity index is 1130. The Labute approximate surface area is 171 Å². The average molecular weight is 418 g/mol. The van der Waals surface area contributed by atoms with Crippen LogP contribution in [-0.4, -0.2) is 18.2 Å². The van der Waals surface area contributed by atoms with Crippen LogP contribution >= 0.6 is 11.6 Å². The van der Waals surface area contributed by atoms with Crippen LogP contribution in [0.25, 0.3) is 0 Å². The quantitative estimate of drug-likeness (QED) is 0.640. The summed E-state index contributed by atoms with van der Waals surface area (Å²) in [6.45, 7) is 9.70. The fourth-order valence-corrected chi connectivity index (χ4v) is 5.39. The lowest BCUT2D eigenvalue weighted by molar-refractivity contribution is 0.600. The maximum Gasteiger partial charge on any atom is 0.262 e. The first-order valence-electron chi connectivity index (χ1n) is 8.98. The Morgan fingerprint density at radius 1 is 1.04 bits per heavy atom. The van der Waals surface area contributed by atoms with Crippen LogP contribution in [0.4, 0.5) is 5.69 Å². The molecule has 1 heterocycles. The van der Waals surface area contributed by atoms with Crippen molar-refractivity contribution in [1.82, 2.24) is 9.78 Å². The summed E-state index contributed by atoms with van der Waals surface area (Å²) in [4.78, 5) is 0.316. The first kappa shape index (κ1) is 20.4. The summed E-state index contributed by atoms with van der Waals surface area (Å²) in [6.07, 6.45) is 0. The number of nitrogens with one attached hydrogen (secondary N) is 1. The molecule has 5 nitrogen and oxygen atoms in total. The molecule has 1 N–H and O–H groups in total. The highest BCUT2D eigenvalue weighted by atomic mass is 35.5. The van der Waals surface area contributed by atoms with Crippen molar-refractivity contribution in [3.05, 3.63) is 75.1 Å². The number of sulfonamides is 1. The van der Waals surface area contributed by atoms with Gasteiger partial charge in [-0.05, 0) is 57.4 Å². The van der Waals surface area contributed by atoms with Gasteiger partial charge in [-0.2, -0.15) is 5.10 Å². The van der Waals surface area contributed by atoms with Crippen LogP contribution in [0.1, 0.15) is 33.6 Å². The minimum absolute atomic E-state index is 0.316. The fraction of sp³-hybridized carbons (Fsp3) is 0.286. The maximum atomic E-state index is 13.1. The van der Waals surface area contributed by atoms with E-state index in [1.54, 1.807) is 11.6 Å². The van der Waals surface area contributed by atoms with Crippen LogP contribution < -0.4 is 4.72 Å². The van der Waals surface area contributed by atoms with Gasteiger partial charge >= 0.3 is 0 Å². The molecule has 2 aromatic carbocycles. The lowest BCUT2D eigenvalue weighted by Gasteiger charge is -2.14. The van der Waals surface area contributed by atoms with Gasteiger partial charge in [0.25, 0.3) is 10.0 Å². The third kappa shape index (κ3) is 3.93. The number of aryl methyl sites for hydroxylation is 4. The third-order valence-corrected chi connectivity index (χ3v) is 6.79. The van der Waals surface area contributed by atoms with Gasteiger partial charge in [-0.25, -0.2) is 8.42 Å². The summed E-state index contributed by atoms with van der Waals surface area (Å²) >= 11 is 6.25. The molecule has 0 aliphatic rings. The smallest absolute Gasteiger partial charge is 0.262 e. The van der Waals surface area contributed by atoms with E-state index in [9.17, 15) is 8.42 Å². The second-order valence-corrected chi connectivity index (χ2v) is 9.15. The van der Waals surface area contributed by atoms with Crippen LogP contribution in [-0.2, 0) is 16.6 Å². The number of benzene rings is 2. The van der Waals surface area contributed by atoms with Crippen molar-refractivity contribution in [2.45, 2.75) is 46.1 Å². The van der Waals surface area contributed by atoms with Crippen LogP contribution in [0.3, 0.4) is 0 Å². The van der Waals surface area contributed by atoms with E-state index >= 15 is 0 Å². The zero-order chi connectivity index (χ0) is 20.6. The Balaban J connectivity index is 1.97. The monoisotopic (exact) mass is 417 g/mol. The van der Waals surface area contributed by atoms with Crippen molar-refractivity contribution in [3.8, 4) is 0 Å². The standard InChI is InChI=1S/C21H24ClN3O2S/c1-13-10-14(2)21(15(3)11-13)28(26,27)24-20-16(4)23-25(17(20)5)12-18-8-6-7-9-19(18)22/h6-11,24H,12H2,1-5H3. The Kier molecular flexibility index (Phi) is 5.55. The summed E-state index contributed by atoms with van der Waals surface area (Å²) in [7, 11) is -3.73. The van der Waals surface area contributed by atoms with E-state index in [4.69, 9.17) is 11.6 Å². The van der Waals surface area contributed by atoms with Gasteiger partial charge in [0.2, 0.25) is 0 Å². The first-order chi connectivity index (χ1) is 13.1. The van der Waals surface area contributed by atoms with Gasteiger partial charge in [-0.15, -0.1) is 0 Å². The molecule has 0 unspecified atom stereocenters. The molecule has 7 heteroatoms. The molecule has 148 valence electrons. The van der Waals surface area contributed by atoms with Gasteiger partial charge < -0.3 is 0 Å². The largest absolute Gasteiger partial charge is 0.276 e. The van der Waals surface area contributed by atoms with Crippen molar-refractivity contribution >= 4 is 27.3 Å². The topological polar surface area (TPSA) is 64.0 Å². The number of halogens is 1. The lowest BCUT2D eigenvalue weighted by atomic mass is 10.1. The highest BCUT2D eigenvalue weighted by molar-refractivity contribution is 7.92. The predicted octanol–water partition coefficient (Wildman–Crippen LogP) is 4.93. The molecule has 0 fully saturated rings. The van der Waals surface area contributed by atoms with Crippen LogP contribution in [0.15, 0.2) is 41.3 Å². The average Bonchev–Trinajstić information content (AvgIpc) is 2.83. The summed E-state index contributed by atoms with van der Waals surface area (Å²) < 4.78 is 30.7. The maximum absolute atomic E-state index is 13.1. The summed E-state index contributed by atoms with van der Waals surface area (Å²) in [6, 6.07) is 11.3. The Hall–Kier alpha value is -2.31.